The van der Waals surface area contributed by atoms with Crippen LogP contribution in [0, 0.1) is 0 Å². The largest absolute Gasteiger partial charge is 0.148 e. The van der Waals surface area contributed by atoms with Gasteiger partial charge in [0.2, 0.25) is 0 Å². The van der Waals surface area contributed by atoms with Gasteiger partial charge in [-0.2, -0.15) is 0 Å². The van der Waals surface area contributed by atoms with Crippen LogP contribution in [0.25, 0.3) is 0 Å². The van der Waals surface area contributed by atoms with Gasteiger partial charge in [-0.25, -0.2) is 0 Å². The van der Waals surface area contributed by atoms with Gasteiger partial charge in [0, 0.05) is 20.8 Å². The molecule has 0 N–H and O–H groups in total. The molecular formula is C17H12Cl2S. The standard InChI is InChI=1S/C17H12Cl2S/c18-14-8-3-1-6-12(14)17(16-10-5-11-20-16)13-7-2-4-9-15(13)19/h1-11,17H. The average Bonchev–Trinajstić information content (AvgIpc) is 2.97. The number of halogens is 2. The van der Waals surface area contributed by atoms with E-state index < -0.39 is 0 Å². The number of thiophene rings is 1. The topological polar surface area (TPSA) is 0 Å². The van der Waals surface area contributed by atoms with Gasteiger partial charge in [0.1, 0.15) is 0 Å². The fourth-order valence-electron chi connectivity index (χ4n) is 2.35. The molecule has 0 aliphatic carbocycles. The summed E-state index contributed by atoms with van der Waals surface area (Å²) in [5.41, 5.74) is 2.18. The first kappa shape index (κ1) is 13.7. The van der Waals surface area contributed by atoms with Crippen LogP contribution in [0.2, 0.25) is 10.0 Å². The van der Waals surface area contributed by atoms with Gasteiger partial charge in [-0.1, -0.05) is 65.7 Å². The van der Waals surface area contributed by atoms with Crippen molar-refractivity contribution in [2.24, 2.45) is 0 Å². The zero-order chi connectivity index (χ0) is 13.9. The Morgan fingerprint density at radius 3 is 1.70 bits per heavy atom. The second-order valence-electron chi connectivity index (χ2n) is 4.49. The first-order chi connectivity index (χ1) is 9.77. The van der Waals surface area contributed by atoms with E-state index in [-0.39, 0.29) is 5.92 Å². The molecule has 2 aromatic carbocycles. The molecule has 0 saturated heterocycles. The van der Waals surface area contributed by atoms with Crippen molar-refractivity contribution >= 4 is 34.5 Å². The van der Waals surface area contributed by atoms with Gasteiger partial charge in [-0.15, -0.1) is 11.3 Å². The lowest BCUT2D eigenvalue weighted by molar-refractivity contribution is 1.01. The molecule has 20 heavy (non-hydrogen) atoms. The zero-order valence-electron chi connectivity index (χ0n) is 10.6. The summed E-state index contributed by atoms with van der Waals surface area (Å²) in [6, 6.07) is 20.1. The fraction of sp³-hybridized carbons (Fsp3) is 0.0588. The molecule has 0 spiro atoms. The van der Waals surface area contributed by atoms with Crippen LogP contribution in [-0.2, 0) is 0 Å². The molecule has 3 aromatic rings. The predicted molar refractivity (Wildman–Crippen MR) is 88.2 cm³/mol. The maximum Gasteiger partial charge on any atom is 0.0463 e. The van der Waals surface area contributed by atoms with Gasteiger partial charge in [0.25, 0.3) is 0 Å². The molecule has 0 atom stereocenters. The summed E-state index contributed by atoms with van der Waals surface area (Å²) in [5.74, 6) is 0.0809. The van der Waals surface area contributed by atoms with Crippen molar-refractivity contribution in [1.29, 1.82) is 0 Å². The van der Waals surface area contributed by atoms with E-state index in [0.29, 0.717) is 0 Å². The second kappa shape index (κ2) is 6.01. The predicted octanol–water partition coefficient (Wildman–Crippen LogP) is 6.24. The maximum absolute atomic E-state index is 6.40. The van der Waals surface area contributed by atoms with Crippen LogP contribution in [0.5, 0.6) is 0 Å². The molecule has 0 unspecified atom stereocenters. The van der Waals surface area contributed by atoms with Gasteiger partial charge in [0.15, 0.2) is 0 Å². The highest BCUT2D eigenvalue weighted by atomic mass is 35.5. The lowest BCUT2D eigenvalue weighted by Crippen LogP contribution is -2.03. The molecule has 3 heteroatoms. The van der Waals surface area contributed by atoms with E-state index in [0.717, 1.165) is 21.2 Å². The van der Waals surface area contributed by atoms with Crippen molar-refractivity contribution < 1.29 is 0 Å². The van der Waals surface area contributed by atoms with E-state index in [4.69, 9.17) is 23.2 Å². The van der Waals surface area contributed by atoms with Crippen LogP contribution in [0.4, 0.5) is 0 Å². The molecule has 0 amide bonds. The number of hydrogen-bond acceptors (Lipinski definition) is 1. The average molecular weight is 319 g/mol. The number of rotatable bonds is 3. The summed E-state index contributed by atoms with van der Waals surface area (Å²) in [4.78, 5) is 1.24. The highest BCUT2D eigenvalue weighted by Crippen LogP contribution is 2.40. The van der Waals surface area contributed by atoms with Gasteiger partial charge in [-0.3, -0.25) is 0 Å². The van der Waals surface area contributed by atoms with Crippen molar-refractivity contribution in [3.63, 3.8) is 0 Å². The minimum atomic E-state index is 0.0809. The maximum atomic E-state index is 6.40. The van der Waals surface area contributed by atoms with E-state index in [1.54, 1.807) is 11.3 Å². The molecule has 0 aliphatic rings. The van der Waals surface area contributed by atoms with Crippen molar-refractivity contribution in [3.8, 4) is 0 Å². The van der Waals surface area contributed by atoms with Crippen LogP contribution in [0.3, 0.4) is 0 Å². The van der Waals surface area contributed by atoms with E-state index in [9.17, 15) is 0 Å². The van der Waals surface area contributed by atoms with Crippen molar-refractivity contribution in [1.82, 2.24) is 0 Å². The van der Waals surface area contributed by atoms with Crippen molar-refractivity contribution in [3.05, 3.63) is 92.1 Å². The minimum absolute atomic E-state index is 0.0809. The highest BCUT2D eigenvalue weighted by molar-refractivity contribution is 7.10. The van der Waals surface area contributed by atoms with E-state index in [1.807, 2.05) is 36.4 Å². The third-order valence-corrected chi connectivity index (χ3v) is 4.89. The van der Waals surface area contributed by atoms with E-state index in [2.05, 4.69) is 29.6 Å². The lowest BCUT2D eigenvalue weighted by Gasteiger charge is -2.19. The summed E-state index contributed by atoms with van der Waals surface area (Å²) < 4.78 is 0. The molecule has 0 bridgehead atoms. The van der Waals surface area contributed by atoms with E-state index in [1.165, 1.54) is 4.88 Å². The zero-order valence-corrected chi connectivity index (χ0v) is 12.9. The Bertz CT molecular complexity index is 659. The van der Waals surface area contributed by atoms with E-state index >= 15 is 0 Å². The summed E-state index contributed by atoms with van der Waals surface area (Å²) >= 11 is 14.5. The Labute approximate surface area is 132 Å². The molecule has 0 fully saturated rings. The summed E-state index contributed by atoms with van der Waals surface area (Å²) in [7, 11) is 0. The van der Waals surface area contributed by atoms with Gasteiger partial charge < -0.3 is 0 Å². The first-order valence-corrected chi connectivity index (χ1v) is 7.93. The molecule has 1 heterocycles. The van der Waals surface area contributed by atoms with Crippen LogP contribution < -0.4 is 0 Å². The molecule has 100 valence electrons. The normalized spacial score (nSPS) is 10.9. The smallest absolute Gasteiger partial charge is 0.0463 e. The fourth-order valence-corrected chi connectivity index (χ4v) is 3.70. The Morgan fingerprint density at radius 1 is 0.700 bits per heavy atom. The van der Waals surface area contributed by atoms with Crippen LogP contribution in [0.1, 0.15) is 21.9 Å². The van der Waals surface area contributed by atoms with Crippen LogP contribution in [0.15, 0.2) is 66.0 Å². The SMILES string of the molecule is Clc1ccccc1C(c1cccs1)c1ccccc1Cl. The first-order valence-electron chi connectivity index (χ1n) is 6.29. The molecule has 0 saturated carbocycles. The molecule has 0 aliphatic heterocycles. The Morgan fingerprint density at radius 2 is 1.25 bits per heavy atom. The second-order valence-corrected chi connectivity index (χ2v) is 6.29. The summed E-state index contributed by atoms with van der Waals surface area (Å²) in [6.45, 7) is 0. The molecule has 0 nitrogen and oxygen atoms in total. The van der Waals surface area contributed by atoms with Crippen molar-refractivity contribution in [2.75, 3.05) is 0 Å². The van der Waals surface area contributed by atoms with Gasteiger partial charge in [0.05, 0.1) is 0 Å². The van der Waals surface area contributed by atoms with Gasteiger partial charge in [-0.05, 0) is 34.7 Å². The quantitative estimate of drug-likeness (QED) is 0.536. The number of benzene rings is 2. The van der Waals surface area contributed by atoms with Crippen LogP contribution >= 0.6 is 34.5 Å². The summed E-state index contributed by atoms with van der Waals surface area (Å²) in [6.07, 6.45) is 0. The number of hydrogen-bond donors (Lipinski definition) is 0. The summed E-state index contributed by atoms with van der Waals surface area (Å²) in [5, 5.41) is 3.62. The van der Waals surface area contributed by atoms with Gasteiger partial charge >= 0.3 is 0 Å². The minimum Gasteiger partial charge on any atom is -0.148 e. The lowest BCUT2D eigenvalue weighted by atomic mass is 9.90. The molecule has 1 aromatic heterocycles. The Balaban J connectivity index is 2.21. The van der Waals surface area contributed by atoms with Crippen molar-refractivity contribution in [2.45, 2.75) is 5.92 Å². The molecular weight excluding hydrogens is 307 g/mol. The molecule has 3 rings (SSSR count). The third-order valence-electron chi connectivity index (χ3n) is 3.26. The third kappa shape index (κ3) is 2.62. The molecule has 0 radical (unpaired) electrons. The Hall–Kier alpha value is -1.28. The highest BCUT2D eigenvalue weighted by Gasteiger charge is 2.21. The monoisotopic (exact) mass is 318 g/mol. The van der Waals surface area contributed by atoms with Crippen LogP contribution in [-0.4, -0.2) is 0 Å². The Kier molecular flexibility index (Phi) is 4.11.